The normalized spacial score (nSPS) is 38.6. The third kappa shape index (κ3) is 10.8. The minimum absolute atomic E-state index is 0.0128. The average Bonchev–Trinajstić information content (AvgIpc) is 3.86. The first-order valence-electron chi connectivity index (χ1n) is 20.7. The van der Waals surface area contributed by atoms with E-state index in [0.29, 0.717) is 28.8 Å². The fourth-order valence-electron chi connectivity index (χ4n) is 11.0. The van der Waals surface area contributed by atoms with Gasteiger partial charge in [0.05, 0.1) is 5.60 Å². The molecule has 2 heterocycles. The number of piperidine rings is 1. The van der Waals surface area contributed by atoms with Crippen LogP contribution >= 0.6 is 23.4 Å². The lowest BCUT2D eigenvalue weighted by Crippen LogP contribution is -2.50. The zero-order valence-corrected chi connectivity index (χ0v) is 32.6. The van der Waals surface area contributed by atoms with Gasteiger partial charge >= 0.3 is 0 Å². The summed E-state index contributed by atoms with van der Waals surface area (Å²) in [4.78, 5) is 0. The van der Waals surface area contributed by atoms with Crippen LogP contribution in [0.4, 0.5) is 0 Å². The van der Waals surface area contributed by atoms with Crippen LogP contribution in [0.25, 0.3) is 0 Å². The van der Waals surface area contributed by atoms with E-state index in [1.807, 2.05) is 0 Å². The van der Waals surface area contributed by atoms with Crippen LogP contribution in [0.2, 0.25) is 0 Å². The topological polar surface area (TPSA) is 60.0 Å². The van der Waals surface area contributed by atoms with Crippen LogP contribution in [0.1, 0.15) is 162 Å². The molecule has 278 valence electrons. The molecule has 0 bridgehead atoms. The van der Waals surface area contributed by atoms with Crippen molar-refractivity contribution in [3.8, 4) is 0 Å². The maximum Gasteiger partial charge on any atom is 0.158 e. The van der Waals surface area contributed by atoms with Crippen LogP contribution in [0.15, 0.2) is 0 Å². The zero-order valence-electron chi connectivity index (χ0n) is 31.0. The highest BCUT2D eigenvalue weighted by Crippen LogP contribution is 2.54. The van der Waals surface area contributed by atoms with E-state index in [2.05, 4.69) is 30.9 Å². The number of aliphatic hydroxyl groups is 1. The second kappa shape index (κ2) is 18.0. The number of halogens is 1. The van der Waals surface area contributed by atoms with E-state index in [0.717, 1.165) is 48.4 Å². The Labute approximate surface area is 303 Å². The van der Waals surface area contributed by atoms with Crippen molar-refractivity contribution >= 4 is 23.4 Å². The number of alkyl halides is 1. The Bertz CT molecular complexity index is 959. The number of methoxy groups -OCH3 is 1. The highest BCUT2D eigenvalue weighted by atomic mass is 35.5. The number of hydrogen-bond acceptors (Lipinski definition) is 6. The van der Waals surface area contributed by atoms with Crippen molar-refractivity contribution in [2.45, 2.75) is 202 Å². The Kier molecular flexibility index (Phi) is 14.3. The molecule has 0 spiro atoms. The van der Waals surface area contributed by atoms with Crippen LogP contribution in [-0.4, -0.2) is 65.5 Å². The number of thioether (sulfide) groups is 1. The van der Waals surface area contributed by atoms with Crippen LogP contribution in [0.3, 0.4) is 0 Å². The third-order valence-corrected chi connectivity index (χ3v) is 16.4. The van der Waals surface area contributed by atoms with Crippen molar-refractivity contribution in [3.63, 3.8) is 0 Å². The van der Waals surface area contributed by atoms with Crippen LogP contribution in [-0.2, 0) is 14.2 Å². The summed E-state index contributed by atoms with van der Waals surface area (Å²) >= 11 is 8.89. The molecule has 48 heavy (non-hydrogen) atoms. The molecule has 4 saturated carbocycles. The Balaban J connectivity index is 1.05. The Hall–Kier alpha value is 0.440. The van der Waals surface area contributed by atoms with Gasteiger partial charge in [-0.3, -0.25) is 0 Å². The monoisotopic (exact) mass is 709 g/mol. The van der Waals surface area contributed by atoms with Crippen molar-refractivity contribution in [1.29, 1.82) is 0 Å². The quantitative estimate of drug-likeness (QED) is 0.123. The highest BCUT2D eigenvalue weighted by Gasteiger charge is 2.46. The molecule has 0 aromatic carbocycles. The van der Waals surface area contributed by atoms with Gasteiger partial charge in [0.1, 0.15) is 0 Å². The maximum atomic E-state index is 10.4. The molecule has 2 saturated heterocycles. The fraction of sp³-hybridized carbons (Fsp3) is 1.00. The van der Waals surface area contributed by atoms with Gasteiger partial charge in [0.2, 0.25) is 0 Å². The van der Waals surface area contributed by atoms with E-state index in [1.165, 1.54) is 141 Å². The first-order chi connectivity index (χ1) is 23.2. The molecule has 2 N–H and O–H groups in total. The van der Waals surface area contributed by atoms with E-state index >= 15 is 0 Å². The fourth-order valence-corrected chi connectivity index (χ4v) is 13.1. The van der Waals surface area contributed by atoms with Crippen LogP contribution < -0.4 is 5.32 Å². The minimum Gasteiger partial charge on any atom is -0.368 e. The molecule has 0 amide bonds. The molecule has 5 nitrogen and oxygen atoms in total. The van der Waals surface area contributed by atoms with Crippen molar-refractivity contribution in [1.82, 2.24) is 5.32 Å². The summed E-state index contributed by atoms with van der Waals surface area (Å²) in [5, 5.41) is 15.6. The molecule has 0 aromatic heterocycles. The minimum atomic E-state index is -0.614. The number of aliphatic hydroxyl groups excluding tert-OH is 1. The zero-order chi connectivity index (χ0) is 33.6. The standard InChI is InChI=1S/C41H72ClNO4S/c1-40(2,47-39-13-6-7-24-46-39)35-12-5-4-10-30(35)17-21-37(48-28-41(22-23-41)27-38(44)45-3)32-11-8-9-29(25-32)14-19-34-20-16-31-15-18-33(42)26-36(31)43-34/h29-39,43-44H,4-28H2,1-3H3. The summed E-state index contributed by atoms with van der Waals surface area (Å²) in [6, 6.07) is 1.37. The van der Waals surface area contributed by atoms with Crippen LogP contribution in [0, 0.1) is 35.0 Å². The summed E-state index contributed by atoms with van der Waals surface area (Å²) in [6.45, 7) is 5.59. The first-order valence-corrected chi connectivity index (χ1v) is 22.2. The maximum absolute atomic E-state index is 10.4. The van der Waals surface area contributed by atoms with E-state index in [1.54, 1.807) is 7.11 Å². The second-order valence-corrected chi connectivity index (χ2v) is 19.9. The number of nitrogens with one attached hydrogen (secondary N) is 1. The summed E-state index contributed by atoms with van der Waals surface area (Å²) < 4.78 is 18.1. The average molecular weight is 711 g/mol. The summed E-state index contributed by atoms with van der Waals surface area (Å²) in [7, 11) is 1.65. The van der Waals surface area contributed by atoms with E-state index < -0.39 is 6.29 Å². The lowest BCUT2D eigenvalue weighted by molar-refractivity contribution is -0.236. The predicted molar refractivity (Wildman–Crippen MR) is 201 cm³/mol. The van der Waals surface area contributed by atoms with Gasteiger partial charge in [-0.25, -0.2) is 0 Å². The molecular formula is C41H72ClNO4S. The number of ether oxygens (including phenoxy) is 3. The molecule has 11 atom stereocenters. The number of fused-ring (bicyclic) bond motifs is 1. The SMILES string of the molecule is COC(O)CC1(CSC(CCC2CCCCC2C(C)(C)OC2CCCCO2)C2CCCC(CCC3CCC4CCC(Cl)CC4N3)C2)CC1. The first kappa shape index (κ1) is 38.2. The summed E-state index contributed by atoms with van der Waals surface area (Å²) in [5.41, 5.74) is 0.163. The molecule has 7 heteroatoms. The predicted octanol–water partition coefficient (Wildman–Crippen LogP) is 10.2. The Morgan fingerprint density at radius 1 is 0.917 bits per heavy atom. The molecular weight excluding hydrogens is 638 g/mol. The van der Waals surface area contributed by atoms with Crippen molar-refractivity contribution in [2.75, 3.05) is 19.5 Å². The number of hydrogen-bond donors (Lipinski definition) is 2. The van der Waals surface area contributed by atoms with Crippen molar-refractivity contribution in [3.05, 3.63) is 0 Å². The molecule has 6 aliphatic rings. The van der Waals surface area contributed by atoms with E-state index in [9.17, 15) is 5.11 Å². The van der Waals surface area contributed by atoms with Gasteiger partial charge in [0.15, 0.2) is 12.6 Å². The van der Waals surface area contributed by atoms with Gasteiger partial charge in [0.25, 0.3) is 0 Å². The smallest absolute Gasteiger partial charge is 0.158 e. The molecule has 6 rings (SSSR count). The Morgan fingerprint density at radius 2 is 1.73 bits per heavy atom. The Morgan fingerprint density at radius 3 is 2.52 bits per heavy atom. The molecule has 4 aliphatic carbocycles. The van der Waals surface area contributed by atoms with Gasteiger partial charge in [-0.05, 0) is 164 Å². The van der Waals surface area contributed by atoms with Gasteiger partial charge in [-0.2, -0.15) is 11.8 Å². The second-order valence-electron chi connectivity index (χ2n) is 18.1. The van der Waals surface area contributed by atoms with Crippen molar-refractivity contribution < 1.29 is 19.3 Å². The van der Waals surface area contributed by atoms with Gasteiger partial charge in [-0.15, -0.1) is 11.6 Å². The lowest BCUT2D eigenvalue weighted by atomic mass is 9.69. The molecule has 0 aromatic rings. The summed E-state index contributed by atoms with van der Waals surface area (Å²) in [6.07, 6.45) is 29.1. The highest BCUT2D eigenvalue weighted by molar-refractivity contribution is 7.99. The largest absolute Gasteiger partial charge is 0.368 e. The lowest BCUT2D eigenvalue weighted by Gasteiger charge is -2.45. The van der Waals surface area contributed by atoms with Gasteiger partial charge in [-0.1, -0.05) is 32.1 Å². The van der Waals surface area contributed by atoms with Crippen molar-refractivity contribution in [2.24, 2.45) is 35.0 Å². The van der Waals surface area contributed by atoms with E-state index in [-0.39, 0.29) is 11.9 Å². The summed E-state index contributed by atoms with van der Waals surface area (Å²) in [5.74, 6) is 5.14. The van der Waals surface area contributed by atoms with Crippen LogP contribution in [0.5, 0.6) is 0 Å². The van der Waals surface area contributed by atoms with Gasteiger partial charge < -0.3 is 24.6 Å². The molecule has 0 radical (unpaired) electrons. The molecule has 2 aliphatic heterocycles. The van der Waals surface area contributed by atoms with Gasteiger partial charge in [0, 0.05) is 42.8 Å². The van der Waals surface area contributed by atoms with E-state index in [4.69, 9.17) is 25.8 Å². The molecule has 6 fully saturated rings. The third-order valence-electron chi connectivity index (χ3n) is 14.2. The molecule has 11 unspecified atom stereocenters. The number of rotatable bonds is 16.